The van der Waals surface area contributed by atoms with Crippen molar-refractivity contribution in [3.8, 4) is 5.75 Å². The molecule has 2 N–H and O–H groups in total. The minimum atomic E-state index is -0.266. The molecule has 1 amide bonds. The fraction of sp³-hybridized carbons (Fsp3) is 0.150. The van der Waals surface area contributed by atoms with E-state index in [1.54, 1.807) is 23.8 Å². The maximum absolute atomic E-state index is 12.1. The van der Waals surface area contributed by atoms with Crippen molar-refractivity contribution in [2.75, 3.05) is 23.8 Å². The highest BCUT2D eigenvalue weighted by molar-refractivity contribution is 7.13. The number of ether oxygens (including phenoxy) is 1. The molecule has 3 aromatic heterocycles. The molecular formula is C20H18N6O2S. The van der Waals surface area contributed by atoms with E-state index in [-0.39, 0.29) is 5.91 Å². The molecule has 9 heteroatoms. The molecule has 4 rings (SSSR count). The van der Waals surface area contributed by atoms with E-state index in [0.717, 1.165) is 23.1 Å². The Morgan fingerprint density at radius 1 is 1.10 bits per heavy atom. The minimum absolute atomic E-state index is 0.266. The summed E-state index contributed by atoms with van der Waals surface area (Å²) in [4.78, 5) is 20.7. The van der Waals surface area contributed by atoms with Gasteiger partial charge < -0.3 is 10.1 Å². The summed E-state index contributed by atoms with van der Waals surface area (Å²) < 4.78 is 5.87. The standard InChI is InChI=1S/C20H18N6O2S/c27-19(25-20-26-24-13-29-20)15-7-8-17(23-12-15)21-10-3-11-28-16-6-1-4-14-5-2-9-22-18(14)16/h1-2,4-9,12-13H,3,10-11H2,(H,21,23)(H,25,26,27). The van der Waals surface area contributed by atoms with E-state index < -0.39 is 0 Å². The third-order valence-corrected chi connectivity index (χ3v) is 4.69. The molecular weight excluding hydrogens is 388 g/mol. The number of para-hydroxylation sites is 1. The Hall–Kier alpha value is -3.59. The smallest absolute Gasteiger partial charge is 0.259 e. The second-order valence-corrected chi connectivity index (χ2v) is 6.92. The molecule has 0 aliphatic rings. The van der Waals surface area contributed by atoms with Crippen LogP contribution in [0.2, 0.25) is 0 Å². The lowest BCUT2D eigenvalue weighted by Gasteiger charge is -2.09. The zero-order chi connectivity index (χ0) is 19.9. The summed E-state index contributed by atoms with van der Waals surface area (Å²) in [6.07, 6.45) is 4.08. The predicted octanol–water partition coefficient (Wildman–Crippen LogP) is 3.61. The van der Waals surface area contributed by atoms with Crippen molar-refractivity contribution in [1.29, 1.82) is 0 Å². The van der Waals surface area contributed by atoms with Crippen LogP contribution < -0.4 is 15.4 Å². The van der Waals surface area contributed by atoms with Gasteiger partial charge in [-0.3, -0.25) is 15.1 Å². The number of hydrogen-bond donors (Lipinski definition) is 2. The molecule has 0 saturated carbocycles. The van der Waals surface area contributed by atoms with Crippen LogP contribution in [0.3, 0.4) is 0 Å². The molecule has 0 atom stereocenters. The molecule has 0 fully saturated rings. The fourth-order valence-electron chi connectivity index (χ4n) is 2.69. The summed E-state index contributed by atoms with van der Waals surface area (Å²) in [6.45, 7) is 1.26. The Kier molecular flexibility index (Phi) is 5.87. The topological polar surface area (TPSA) is 102 Å². The number of benzene rings is 1. The quantitative estimate of drug-likeness (QED) is 0.431. The molecule has 3 heterocycles. The van der Waals surface area contributed by atoms with Crippen molar-refractivity contribution >= 4 is 39.1 Å². The lowest BCUT2D eigenvalue weighted by atomic mass is 10.2. The number of carbonyl (C=O) groups excluding carboxylic acids is 1. The number of fused-ring (bicyclic) bond motifs is 1. The van der Waals surface area contributed by atoms with Gasteiger partial charge in [0.25, 0.3) is 5.91 Å². The Labute approximate surface area is 171 Å². The SMILES string of the molecule is O=C(Nc1nncs1)c1ccc(NCCCOc2cccc3cccnc23)nc1. The highest BCUT2D eigenvalue weighted by Crippen LogP contribution is 2.22. The summed E-state index contributed by atoms with van der Waals surface area (Å²) in [5.74, 6) is 1.22. The fourth-order valence-corrected chi connectivity index (χ4v) is 3.13. The first kappa shape index (κ1) is 18.8. The maximum Gasteiger partial charge on any atom is 0.259 e. The Bertz CT molecular complexity index is 1080. The largest absolute Gasteiger partial charge is 0.491 e. The van der Waals surface area contributed by atoms with Crippen LogP contribution in [-0.2, 0) is 0 Å². The van der Waals surface area contributed by atoms with Gasteiger partial charge in [-0.25, -0.2) is 4.98 Å². The van der Waals surface area contributed by atoms with Gasteiger partial charge in [0.2, 0.25) is 5.13 Å². The number of amides is 1. The summed E-state index contributed by atoms with van der Waals surface area (Å²) in [5.41, 5.74) is 2.88. The second kappa shape index (κ2) is 9.07. The van der Waals surface area contributed by atoms with E-state index in [1.165, 1.54) is 17.5 Å². The highest BCUT2D eigenvalue weighted by atomic mass is 32.1. The van der Waals surface area contributed by atoms with Crippen LogP contribution in [0.1, 0.15) is 16.8 Å². The van der Waals surface area contributed by atoms with Crippen LogP contribution in [0.5, 0.6) is 5.75 Å². The molecule has 0 aliphatic heterocycles. The average Bonchev–Trinajstić information content (AvgIpc) is 3.27. The molecule has 0 unspecified atom stereocenters. The molecule has 8 nitrogen and oxygen atoms in total. The number of nitrogens with one attached hydrogen (secondary N) is 2. The molecule has 1 aromatic carbocycles. The van der Waals surface area contributed by atoms with Crippen LogP contribution in [0.25, 0.3) is 10.9 Å². The first-order chi connectivity index (χ1) is 14.3. The van der Waals surface area contributed by atoms with E-state index in [4.69, 9.17) is 4.74 Å². The molecule has 0 radical (unpaired) electrons. The van der Waals surface area contributed by atoms with Crippen molar-refractivity contribution in [3.05, 3.63) is 65.9 Å². The van der Waals surface area contributed by atoms with E-state index in [9.17, 15) is 4.79 Å². The number of rotatable bonds is 8. The summed E-state index contributed by atoms with van der Waals surface area (Å²) in [7, 11) is 0. The zero-order valence-corrected chi connectivity index (χ0v) is 16.2. The van der Waals surface area contributed by atoms with Gasteiger partial charge in [-0.15, -0.1) is 10.2 Å². The number of aromatic nitrogens is 4. The van der Waals surface area contributed by atoms with Crippen molar-refractivity contribution in [3.63, 3.8) is 0 Å². The van der Waals surface area contributed by atoms with E-state index in [1.807, 2.05) is 30.3 Å². The first-order valence-corrected chi connectivity index (χ1v) is 9.91. The van der Waals surface area contributed by atoms with Crippen molar-refractivity contribution < 1.29 is 9.53 Å². The van der Waals surface area contributed by atoms with Gasteiger partial charge in [-0.05, 0) is 30.7 Å². The minimum Gasteiger partial charge on any atom is -0.491 e. The zero-order valence-electron chi connectivity index (χ0n) is 15.4. The average molecular weight is 406 g/mol. The molecule has 0 bridgehead atoms. The normalized spacial score (nSPS) is 10.6. The third-order valence-electron chi connectivity index (χ3n) is 4.09. The van der Waals surface area contributed by atoms with Crippen LogP contribution in [0.4, 0.5) is 10.9 Å². The maximum atomic E-state index is 12.1. The third kappa shape index (κ3) is 4.82. The van der Waals surface area contributed by atoms with E-state index in [0.29, 0.717) is 29.7 Å². The van der Waals surface area contributed by atoms with Gasteiger partial charge in [-0.2, -0.15) is 0 Å². The van der Waals surface area contributed by atoms with Crippen LogP contribution in [0.15, 0.2) is 60.4 Å². The van der Waals surface area contributed by atoms with Crippen molar-refractivity contribution in [2.24, 2.45) is 0 Å². The first-order valence-electron chi connectivity index (χ1n) is 9.03. The number of pyridine rings is 2. The van der Waals surface area contributed by atoms with Crippen molar-refractivity contribution in [1.82, 2.24) is 20.2 Å². The molecule has 146 valence electrons. The molecule has 0 saturated heterocycles. The molecule has 4 aromatic rings. The lowest BCUT2D eigenvalue weighted by molar-refractivity contribution is 0.102. The number of nitrogens with zero attached hydrogens (tertiary/aromatic N) is 4. The van der Waals surface area contributed by atoms with Gasteiger partial charge in [0, 0.05) is 24.3 Å². The number of hydrogen-bond acceptors (Lipinski definition) is 8. The molecule has 29 heavy (non-hydrogen) atoms. The van der Waals surface area contributed by atoms with Crippen LogP contribution in [-0.4, -0.2) is 39.2 Å². The van der Waals surface area contributed by atoms with Crippen molar-refractivity contribution in [2.45, 2.75) is 6.42 Å². The van der Waals surface area contributed by atoms with Gasteiger partial charge in [0.1, 0.15) is 22.6 Å². The highest BCUT2D eigenvalue weighted by Gasteiger charge is 2.08. The summed E-state index contributed by atoms with van der Waals surface area (Å²) in [5, 5.41) is 14.9. The van der Waals surface area contributed by atoms with Gasteiger partial charge >= 0.3 is 0 Å². The lowest BCUT2D eigenvalue weighted by Crippen LogP contribution is -2.13. The number of anilines is 2. The van der Waals surface area contributed by atoms with Gasteiger partial charge in [0.15, 0.2) is 0 Å². The van der Waals surface area contributed by atoms with Gasteiger partial charge in [0.05, 0.1) is 12.2 Å². The van der Waals surface area contributed by atoms with Crippen LogP contribution >= 0.6 is 11.3 Å². The van der Waals surface area contributed by atoms with Crippen LogP contribution in [0, 0.1) is 0 Å². The van der Waals surface area contributed by atoms with E-state index >= 15 is 0 Å². The summed E-state index contributed by atoms with van der Waals surface area (Å²) in [6, 6.07) is 13.3. The Balaban J connectivity index is 1.23. The van der Waals surface area contributed by atoms with E-state index in [2.05, 4.69) is 30.8 Å². The molecule has 0 aliphatic carbocycles. The predicted molar refractivity (Wildman–Crippen MR) is 112 cm³/mol. The summed E-state index contributed by atoms with van der Waals surface area (Å²) >= 11 is 1.26. The Morgan fingerprint density at radius 2 is 2.03 bits per heavy atom. The molecule has 0 spiro atoms. The second-order valence-electron chi connectivity index (χ2n) is 6.09. The monoisotopic (exact) mass is 406 g/mol. The number of carbonyl (C=O) groups is 1. The Morgan fingerprint density at radius 3 is 2.86 bits per heavy atom. The van der Waals surface area contributed by atoms with Gasteiger partial charge in [-0.1, -0.05) is 29.5 Å².